The number of carboxylic acids is 1. The minimum atomic E-state index is -4.64. The molecule has 0 spiro atoms. The van der Waals surface area contributed by atoms with E-state index in [4.69, 9.17) is 5.11 Å². The average molecular weight is 303 g/mol. The molecular weight excluding hydrogens is 291 g/mol. The molecule has 0 aromatic carbocycles. The monoisotopic (exact) mass is 303 g/mol. The number of alkyl halides is 3. The molecule has 2 N–H and O–H groups in total. The first kappa shape index (κ1) is 14.1. The van der Waals surface area contributed by atoms with Crippen LogP contribution in [0, 0.1) is 5.92 Å². The quantitative estimate of drug-likeness (QED) is 0.850. The molecule has 1 aromatic rings. The van der Waals surface area contributed by atoms with Crippen molar-refractivity contribution in [3.05, 3.63) is 18.1 Å². The fourth-order valence-electron chi connectivity index (χ4n) is 3.16. The summed E-state index contributed by atoms with van der Waals surface area (Å²) in [5.74, 6) is -1.77. The predicted octanol–water partition coefficient (Wildman–Crippen LogP) is 1.07. The van der Waals surface area contributed by atoms with Crippen LogP contribution >= 0.6 is 0 Å². The van der Waals surface area contributed by atoms with Gasteiger partial charge in [0.1, 0.15) is 5.82 Å². The van der Waals surface area contributed by atoms with Gasteiger partial charge in [0.2, 0.25) is 0 Å². The van der Waals surface area contributed by atoms with Crippen LogP contribution in [0.1, 0.15) is 23.3 Å². The number of aromatic carboxylic acids is 1. The first-order chi connectivity index (χ1) is 9.74. The van der Waals surface area contributed by atoms with Gasteiger partial charge in [0, 0.05) is 24.9 Å². The normalized spacial score (nSPS) is 31.7. The molecule has 2 heterocycles. The molecule has 0 amide bonds. The van der Waals surface area contributed by atoms with E-state index >= 15 is 0 Å². The van der Waals surface area contributed by atoms with E-state index in [0.29, 0.717) is 12.4 Å². The van der Waals surface area contributed by atoms with Crippen molar-refractivity contribution in [3.8, 4) is 0 Å². The van der Waals surface area contributed by atoms with Crippen LogP contribution < -0.4 is 4.90 Å². The van der Waals surface area contributed by atoms with Crippen molar-refractivity contribution in [1.29, 1.82) is 0 Å². The number of anilines is 1. The number of rotatable bonds is 2. The molecule has 1 aliphatic heterocycles. The zero-order valence-corrected chi connectivity index (χ0v) is 10.7. The van der Waals surface area contributed by atoms with Crippen LogP contribution in [-0.4, -0.2) is 50.5 Å². The number of aromatic nitrogens is 2. The van der Waals surface area contributed by atoms with Gasteiger partial charge in [-0.3, -0.25) is 0 Å². The summed E-state index contributed by atoms with van der Waals surface area (Å²) in [6.07, 6.45) is -2.52. The Kier molecular flexibility index (Phi) is 2.88. The van der Waals surface area contributed by atoms with Crippen molar-refractivity contribution in [1.82, 2.24) is 9.97 Å². The Hall–Kier alpha value is -1.90. The summed E-state index contributed by atoms with van der Waals surface area (Å²) in [7, 11) is 0. The highest BCUT2D eigenvalue weighted by atomic mass is 19.4. The Bertz CT molecular complexity index is 577. The summed E-state index contributed by atoms with van der Waals surface area (Å²) in [5, 5.41) is 18.5. The Balaban J connectivity index is 1.78. The molecule has 1 saturated carbocycles. The second-order valence-electron chi connectivity index (χ2n) is 5.35. The Morgan fingerprint density at radius 3 is 2.62 bits per heavy atom. The highest BCUT2D eigenvalue weighted by molar-refractivity contribution is 5.84. The van der Waals surface area contributed by atoms with Crippen LogP contribution in [0.3, 0.4) is 0 Å². The van der Waals surface area contributed by atoms with E-state index in [0.717, 1.165) is 6.20 Å². The fraction of sp³-hybridized carbons (Fsp3) is 0.583. The maximum atomic E-state index is 12.8. The lowest BCUT2D eigenvalue weighted by Crippen LogP contribution is -2.66. The van der Waals surface area contributed by atoms with Gasteiger partial charge in [-0.1, -0.05) is 0 Å². The molecule has 0 unspecified atom stereocenters. The summed E-state index contributed by atoms with van der Waals surface area (Å²) < 4.78 is 38.5. The van der Waals surface area contributed by atoms with Crippen molar-refractivity contribution in [2.45, 2.75) is 30.7 Å². The van der Waals surface area contributed by atoms with E-state index in [1.807, 2.05) is 0 Å². The molecule has 2 fully saturated rings. The SMILES string of the molecule is O=C(O)c1cnc(N2CC[C@@H]3[C@H]2C[C@@]3(O)C(F)(F)F)cn1. The van der Waals surface area contributed by atoms with Gasteiger partial charge in [-0.2, -0.15) is 13.2 Å². The minimum absolute atomic E-state index is 0.211. The third-order valence-electron chi connectivity index (χ3n) is 4.32. The molecule has 3 rings (SSSR count). The topological polar surface area (TPSA) is 86.5 Å². The van der Waals surface area contributed by atoms with E-state index in [1.165, 1.54) is 6.20 Å². The molecule has 1 aromatic heterocycles. The summed E-state index contributed by atoms with van der Waals surface area (Å²) >= 11 is 0. The third-order valence-corrected chi connectivity index (χ3v) is 4.32. The van der Waals surface area contributed by atoms with E-state index in [1.54, 1.807) is 4.90 Å². The molecule has 0 radical (unpaired) electrons. The van der Waals surface area contributed by atoms with Gasteiger partial charge in [-0.15, -0.1) is 0 Å². The Morgan fingerprint density at radius 2 is 2.10 bits per heavy atom. The molecule has 1 aliphatic carbocycles. The van der Waals surface area contributed by atoms with Gasteiger partial charge >= 0.3 is 12.1 Å². The number of carbonyl (C=O) groups is 1. The van der Waals surface area contributed by atoms with Crippen LogP contribution in [0.15, 0.2) is 12.4 Å². The lowest BCUT2D eigenvalue weighted by atomic mass is 9.65. The summed E-state index contributed by atoms with van der Waals surface area (Å²) in [6, 6.07) is -0.443. The number of nitrogens with zero attached hydrogens (tertiary/aromatic N) is 3. The fourth-order valence-corrected chi connectivity index (χ4v) is 3.16. The number of carboxylic acid groups (broad SMARTS) is 1. The zero-order valence-electron chi connectivity index (χ0n) is 10.7. The summed E-state index contributed by atoms with van der Waals surface area (Å²) in [5.41, 5.74) is -2.85. The van der Waals surface area contributed by atoms with Crippen molar-refractivity contribution >= 4 is 11.8 Å². The van der Waals surface area contributed by atoms with Gasteiger partial charge in [0.25, 0.3) is 0 Å². The second-order valence-corrected chi connectivity index (χ2v) is 5.35. The number of hydrogen-bond donors (Lipinski definition) is 2. The molecule has 0 bridgehead atoms. The van der Waals surface area contributed by atoms with Gasteiger partial charge in [0.15, 0.2) is 11.3 Å². The molecule has 6 nitrogen and oxygen atoms in total. The number of aliphatic hydroxyl groups is 1. The molecular formula is C12H12F3N3O3. The molecule has 21 heavy (non-hydrogen) atoms. The van der Waals surface area contributed by atoms with Gasteiger partial charge in [-0.25, -0.2) is 14.8 Å². The van der Waals surface area contributed by atoms with E-state index in [-0.39, 0.29) is 12.1 Å². The predicted molar refractivity (Wildman–Crippen MR) is 63.9 cm³/mol. The minimum Gasteiger partial charge on any atom is -0.476 e. The lowest BCUT2D eigenvalue weighted by molar-refractivity contribution is -0.311. The number of fused-ring (bicyclic) bond motifs is 1. The van der Waals surface area contributed by atoms with Crippen LogP contribution in [0.2, 0.25) is 0 Å². The summed E-state index contributed by atoms with van der Waals surface area (Å²) in [6.45, 7) is 0.328. The standard InChI is InChI=1S/C12H12F3N3O3/c13-12(14,15)11(21)3-8-6(11)1-2-18(8)9-5-16-7(4-17-9)10(19)20/h4-6,8,21H,1-3H2,(H,19,20)/t6-,8-,11+/m1/s1. The third kappa shape index (κ3) is 1.95. The lowest BCUT2D eigenvalue weighted by Gasteiger charge is -2.50. The van der Waals surface area contributed by atoms with Gasteiger partial charge in [0.05, 0.1) is 12.4 Å². The molecule has 3 atom stereocenters. The average Bonchev–Trinajstić information content (AvgIpc) is 2.75. The number of hydrogen-bond acceptors (Lipinski definition) is 5. The van der Waals surface area contributed by atoms with Crippen molar-refractivity contribution in [2.24, 2.45) is 5.92 Å². The summed E-state index contributed by atoms with van der Waals surface area (Å²) in [4.78, 5) is 20.0. The zero-order chi connectivity index (χ0) is 15.4. The maximum Gasteiger partial charge on any atom is 0.417 e. The number of halogens is 3. The molecule has 9 heteroatoms. The largest absolute Gasteiger partial charge is 0.476 e. The van der Waals surface area contributed by atoms with E-state index < -0.39 is 36.1 Å². The first-order valence-electron chi connectivity index (χ1n) is 6.35. The van der Waals surface area contributed by atoms with E-state index in [2.05, 4.69) is 9.97 Å². The Morgan fingerprint density at radius 1 is 1.38 bits per heavy atom. The van der Waals surface area contributed by atoms with Crippen molar-refractivity contribution in [3.63, 3.8) is 0 Å². The van der Waals surface area contributed by atoms with Crippen LogP contribution in [-0.2, 0) is 0 Å². The molecule has 1 saturated heterocycles. The first-order valence-corrected chi connectivity index (χ1v) is 6.35. The molecule has 2 aliphatic rings. The van der Waals surface area contributed by atoms with Gasteiger partial charge in [-0.05, 0) is 6.42 Å². The highest BCUT2D eigenvalue weighted by Gasteiger charge is 2.70. The second kappa shape index (κ2) is 4.30. The van der Waals surface area contributed by atoms with Gasteiger partial charge < -0.3 is 15.1 Å². The van der Waals surface area contributed by atoms with E-state index in [9.17, 15) is 23.1 Å². The highest BCUT2D eigenvalue weighted by Crippen LogP contribution is 2.55. The van der Waals surface area contributed by atoms with Crippen LogP contribution in [0.5, 0.6) is 0 Å². The van der Waals surface area contributed by atoms with Crippen LogP contribution in [0.4, 0.5) is 19.0 Å². The smallest absolute Gasteiger partial charge is 0.417 e. The molecule has 114 valence electrons. The van der Waals surface area contributed by atoms with Crippen molar-refractivity contribution in [2.75, 3.05) is 11.4 Å². The van der Waals surface area contributed by atoms with Crippen molar-refractivity contribution < 1.29 is 28.2 Å². The Labute approximate surface area is 117 Å². The maximum absolute atomic E-state index is 12.8. The van der Waals surface area contributed by atoms with Crippen LogP contribution in [0.25, 0.3) is 0 Å².